The first-order valence-electron chi connectivity index (χ1n) is 20.4. The number of hydrogen-bond donors (Lipinski definition) is 7. The Kier molecular flexibility index (Phi) is 31.1. The zero-order valence-electron chi connectivity index (χ0n) is 34.4. The molecule has 0 spiro atoms. The summed E-state index contributed by atoms with van der Waals surface area (Å²) in [5.74, 6) is -2.98. The predicted octanol–water partition coefficient (Wildman–Crippen LogP) is 1.64. The van der Waals surface area contributed by atoms with Gasteiger partial charge in [0, 0.05) is 32.5 Å². The van der Waals surface area contributed by atoms with Crippen LogP contribution in [0.15, 0.2) is 24.3 Å². The first-order chi connectivity index (χ1) is 28.9. The highest BCUT2D eigenvalue weighted by Crippen LogP contribution is 2.14. The Balaban J connectivity index is 1.93. The number of ether oxygens (including phenoxy) is 5. The van der Waals surface area contributed by atoms with E-state index in [9.17, 15) is 43.1 Å². The van der Waals surface area contributed by atoms with Gasteiger partial charge in [-0.2, -0.15) is 4.39 Å². The Labute approximate surface area is 350 Å². The van der Waals surface area contributed by atoms with Gasteiger partial charge in [-0.3, -0.25) is 24.0 Å². The molecule has 1 rings (SSSR count). The Bertz CT molecular complexity index is 1400. The first-order valence-corrected chi connectivity index (χ1v) is 20.4. The maximum absolute atomic E-state index is 12.4. The molecule has 340 valence electrons. The molecule has 0 heterocycles. The maximum Gasteiger partial charge on any atom is 0.335 e. The lowest BCUT2D eigenvalue weighted by Gasteiger charge is -2.14. The second kappa shape index (κ2) is 35.0. The lowest BCUT2D eigenvalue weighted by molar-refractivity contribution is -0.142. The van der Waals surface area contributed by atoms with Crippen molar-refractivity contribution < 1.29 is 71.8 Å². The second-order valence-electron chi connectivity index (χ2n) is 13.7. The van der Waals surface area contributed by atoms with E-state index < -0.39 is 30.1 Å². The number of carbonyl (C=O) groups excluding carboxylic acids is 5. The molecule has 20 heteroatoms. The topological polar surface area (TPSA) is 280 Å². The van der Waals surface area contributed by atoms with Crippen LogP contribution < -0.4 is 31.7 Å². The number of aliphatic carboxylic acids is 1. The summed E-state index contributed by atoms with van der Waals surface area (Å²) in [5, 5.41) is 28.8. The van der Waals surface area contributed by atoms with Gasteiger partial charge in [0.15, 0.2) is 0 Å². The quantitative estimate of drug-likeness (QED) is 0.0366. The fraction of sp³-hybridized carbons (Fsp3) is 0.675. The van der Waals surface area contributed by atoms with Crippen molar-refractivity contribution in [2.24, 2.45) is 5.73 Å². The van der Waals surface area contributed by atoms with Crippen molar-refractivity contribution in [1.82, 2.24) is 21.3 Å². The molecular weight excluding hydrogens is 793 g/mol. The molecule has 1 aromatic carbocycles. The summed E-state index contributed by atoms with van der Waals surface area (Å²) in [7, 11) is 0. The number of carboxylic acids is 2. The van der Waals surface area contributed by atoms with Crippen molar-refractivity contribution in [2.75, 3.05) is 79.1 Å². The summed E-state index contributed by atoms with van der Waals surface area (Å²) < 4.78 is 39.1. The molecule has 8 N–H and O–H groups in total. The van der Waals surface area contributed by atoms with Crippen molar-refractivity contribution in [3.05, 3.63) is 29.8 Å². The van der Waals surface area contributed by atoms with Crippen LogP contribution in [0, 0.1) is 0 Å². The molecule has 1 aromatic rings. The zero-order valence-corrected chi connectivity index (χ0v) is 34.4. The number of halogens is 1. The van der Waals surface area contributed by atoms with E-state index in [0.717, 1.165) is 38.5 Å². The Morgan fingerprint density at radius 3 is 1.67 bits per heavy atom. The Hall–Kier alpha value is -4.76. The summed E-state index contributed by atoms with van der Waals surface area (Å²) in [5.41, 5.74) is 5.50. The molecule has 0 aliphatic heterocycles. The van der Waals surface area contributed by atoms with Gasteiger partial charge in [-0.05, 0) is 62.8 Å². The van der Waals surface area contributed by atoms with Gasteiger partial charge < -0.3 is 60.9 Å². The molecule has 2 unspecified atom stereocenters. The van der Waals surface area contributed by atoms with Gasteiger partial charge in [0.1, 0.15) is 25.0 Å². The largest absolute Gasteiger partial charge is 0.494 e. The van der Waals surface area contributed by atoms with Gasteiger partial charge >= 0.3 is 18.0 Å². The van der Waals surface area contributed by atoms with Crippen LogP contribution in [-0.2, 0) is 47.7 Å². The second-order valence-corrected chi connectivity index (χ2v) is 13.7. The van der Waals surface area contributed by atoms with Crippen LogP contribution in [0.2, 0.25) is 0 Å². The van der Waals surface area contributed by atoms with Crippen molar-refractivity contribution in [2.45, 2.75) is 95.6 Å². The van der Waals surface area contributed by atoms with E-state index in [0.29, 0.717) is 38.2 Å². The Morgan fingerprint density at radius 1 is 0.567 bits per heavy atom. The molecular formula is C40H64FN5O14. The molecule has 0 aliphatic rings. The van der Waals surface area contributed by atoms with Crippen LogP contribution in [0.3, 0.4) is 0 Å². The normalized spacial score (nSPS) is 11.9. The van der Waals surface area contributed by atoms with Gasteiger partial charge in [0.05, 0.1) is 57.9 Å². The molecule has 2 atom stereocenters. The van der Waals surface area contributed by atoms with Crippen molar-refractivity contribution in [3.8, 4) is 5.75 Å². The molecule has 0 bridgehead atoms. The summed E-state index contributed by atoms with van der Waals surface area (Å²) in [6.07, 6.45) is 7.61. The maximum atomic E-state index is 12.4. The van der Waals surface area contributed by atoms with Crippen LogP contribution in [0.25, 0.3) is 0 Å². The number of carboxylic acid groups (broad SMARTS) is 2. The van der Waals surface area contributed by atoms with E-state index >= 15 is 0 Å². The fourth-order valence-corrected chi connectivity index (χ4v) is 5.27. The standard InChI is InChI=1S/C40H64FN5O14/c41-38(51)32(42)10-7-8-18-43-36(49)28-58-26-25-57-23-20-45-37(50)29-59-27-24-56-22-19-44-34(47)17-16-33(40(54)55)46-35(48)11-6-4-2-1-3-5-9-21-60-31-14-12-30(13-15-31)39(52)53/h12-15,32-33H,1-11,16-29,42H2,(H,43,49)(H,44,47)(H,45,50)(H,46,48)(H,52,53)(H,54,55). The van der Waals surface area contributed by atoms with Crippen LogP contribution in [0.5, 0.6) is 5.75 Å². The highest BCUT2D eigenvalue weighted by molar-refractivity contribution is 5.87. The molecule has 19 nitrogen and oxygen atoms in total. The number of amides is 4. The van der Waals surface area contributed by atoms with Crippen molar-refractivity contribution in [3.63, 3.8) is 0 Å². The van der Waals surface area contributed by atoms with E-state index in [-0.39, 0.29) is 121 Å². The van der Waals surface area contributed by atoms with Crippen molar-refractivity contribution in [1.29, 1.82) is 0 Å². The monoisotopic (exact) mass is 857 g/mol. The third kappa shape index (κ3) is 30.3. The van der Waals surface area contributed by atoms with E-state index in [1.807, 2.05) is 0 Å². The van der Waals surface area contributed by atoms with Crippen LogP contribution in [0.1, 0.15) is 93.8 Å². The number of carbonyl (C=O) groups is 7. The lowest BCUT2D eigenvalue weighted by atomic mass is 10.1. The van der Waals surface area contributed by atoms with Crippen molar-refractivity contribution >= 4 is 41.6 Å². The van der Waals surface area contributed by atoms with Gasteiger partial charge in [-0.25, -0.2) is 9.59 Å². The molecule has 4 amide bonds. The van der Waals surface area contributed by atoms with E-state index in [2.05, 4.69) is 21.3 Å². The van der Waals surface area contributed by atoms with Gasteiger partial charge in [0.2, 0.25) is 23.6 Å². The molecule has 60 heavy (non-hydrogen) atoms. The SMILES string of the molecule is NC(CCCCNC(=O)COCCOCCNC(=O)COCCOCCNC(=O)CCC(NC(=O)CCCCCCCCCOc1ccc(C(=O)O)cc1)C(=O)O)C(=O)F. The summed E-state index contributed by atoms with van der Waals surface area (Å²) in [4.78, 5) is 81.0. The third-order valence-electron chi connectivity index (χ3n) is 8.61. The minimum absolute atomic E-state index is 0.0575. The first kappa shape index (κ1) is 53.3. The minimum atomic E-state index is -1.55. The number of benzene rings is 1. The average molecular weight is 858 g/mol. The van der Waals surface area contributed by atoms with Gasteiger partial charge in [-0.15, -0.1) is 0 Å². The molecule has 0 fully saturated rings. The summed E-state index contributed by atoms with van der Waals surface area (Å²) in [6.45, 7) is 2.11. The zero-order chi connectivity index (χ0) is 44.2. The van der Waals surface area contributed by atoms with Crippen LogP contribution >= 0.6 is 0 Å². The van der Waals surface area contributed by atoms with Crippen LogP contribution in [0.4, 0.5) is 4.39 Å². The van der Waals surface area contributed by atoms with E-state index in [4.69, 9.17) is 34.5 Å². The number of aromatic carboxylic acids is 1. The summed E-state index contributed by atoms with van der Waals surface area (Å²) in [6, 6.07) is 2.44. The fourth-order valence-electron chi connectivity index (χ4n) is 5.27. The van der Waals surface area contributed by atoms with E-state index in [1.165, 1.54) is 12.1 Å². The lowest BCUT2D eigenvalue weighted by Crippen LogP contribution is -2.41. The minimum Gasteiger partial charge on any atom is -0.494 e. The third-order valence-corrected chi connectivity index (χ3v) is 8.61. The number of nitrogens with two attached hydrogens (primary N) is 1. The Morgan fingerprint density at radius 2 is 1.10 bits per heavy atom. The molecule has 0 radical (unpaired) electrons. The molecule has 0 saturated carbocycles. The molecule has 0 aromatic heterocycles. The average Bonchev–Trinajstić information content (AvgIpc) is 3.21. The number of hydrogen-bond acceptors (Lipinski definition) is 13. The van der Waals surface area contributed by atoms with Crippen LogP contribution in [-0.4, -0.2) is 143 Å². The van der Waals surface area contributed by atoms with Gasteiger partial charge in [-0.1, -0.05) is 32.1 Å². The summed E-state index contributed by atoms with van der Waals surface area (Å²) >= 11 is 0. The molecule has 0 saturated heterocycles. The predicted molar refractivity (Wildman–Crippen MR) is 215 cm³/mol. The number of rotatable bonds is 39. The number of unbranched alkanes of at least 4 members (excludes halogenated alkanes) is 7. The smallest absolute Gasteiger partial charge is 0.335 e. The van der Waals surface area contributed by atoms with Gasteiger partial charge in [0.25, 0.3) is 0 Å². The van der Waals surface area contributed by atoms with E-state index in [1.54, 1.807) is 12.1 Å². The molecule has 0 aliphatic carbocycles. The highest BCUT2D eigenvalue weighted by Gasteiger charge is 2.21. The number of nitrogens with one attached hydrogen (secondary N) is 4. The highest BCUT2D eigenvalue weighted by atomic mass is 19.1.